The molecule has 0 amide bonds. The molecule has 3 atom stereocenters. The first-order valence-electron chi connectivity index (χ1n) is 29.8. The van der Waals surface area contributed by atoms with E-state index in [4.69, 9.17) is 23.3 Å². The third-order valence-corrected chi connectivity index (χ3v) is 13.5. The number of phosphoric ester groups is 1. The van der Waals surface area contributed by atoms with E-state index in [0.29, 0.717) is 19.3 Å². The van der Waals surface area contributed by atoms with Gasteiger partial charge >= 0.3 is 25.7 Å². The molecule has 0 aliphatic rings. The van der Waals surface area contributed by atoms with Crippen molar-refractivity contribution in [1.82, 2.24) is 0 Å². The number of ether oxygens (including phenoxy) is 3. The molecule has 3 unspecified atom stereocenters. The zero-order valence-corrected chi connectivity index (χ0v) is 48.2. The SMILES string of the molecule is CC/C=C\C/C=C\C/C=C\CCCCCCCCCC(=O)OC(COC(=O)CCCCCCCCCCC/C=C\C/C=C\CCCCC)COP(=O)(O)OCC(CO)OC(=O)CCCCCCC/C=C\CCCC. The fourth-order valence-electron chi connectivity index (χ4n) is 8.03. The van der Waals surface area contributed by atoms with E-state index in [1.54, 1.807) is 0 Å². The molecule has 0 aromatic heterocycles. The first-order valence-corrected chi connectivity index (χ1v) is 31.3. The first kappa shape index (κ1) is 70.9. The van der Waals surface area contributed by atoms with Gasteiger partial charge in [0.1, 0.15) is 12.7 Å². The van der Waals surface area contributed by atoms with Crippen LogP contribution in [0.4, 0.5) is 0 Å². The van der Waals surface area contributed by atoms with Crippen LogP contribution in [0, 0.1) is 0 Å². The maximum absolute atomic E-state index is 12.9. The Bertz CT molecular complexity index is 1520. The van der Waals surface area contributed by atoms with Crippen molar-refractivity contribution in [2.24, 2.45) is 0 Å². The van der Waals surface area contributed by atoms with Crippen molar-refractivity contribution < 1.29 is 52.2 Å². The molecule has 0 spiro atoms. The maximum atomic E-state index is 12.9. The molecule has 0 heterocycles. The summed E-state index contributed by atoms with van der Waals surface area (Å²) in [7, 11) is -4.75. The van der Waals surface area contributed by atoms with Gasteiger partial charge in [-0.2, -0.15) is 0 Å². The summed E-state index contributed by atoms with van der Waals surface area (Å²) >= 11 is 0. The number of allylic oxidation sites excluding steroid dienone is 12. The van der Waals surface area contributed by atoms with Gasteiger partial charge in [0.25, 0.3) is 0 Å². The molecule has 11 nitrogen and oxygen atoms in total. The quantitative estimate of drug-likeness (QED) is 0.0197. The number of aliphatic hydroxyl groups is 1. The summed E-state index contributed by atoms with van der Waals surface area (Å²) in [6.45, 7) is 4.46. The molecular formula is C62H109O11P. The number of hydrogen-bond donors (Lipinski definition) is 2. The number of hydrogen-bond acceptors (Lipinski definition) is 10. The Morgan fingerprint density at radius 1 is 0.392 bits per heavy atom. The zero-order valence-electron chi connectivity index (χ0n) is 47.3. The van der Waals surface area contributed by atoms with Crippen LogP contribution in [0.1, 0.15) is 265 Å². The molecule has 0 saturated carbocycles. The molecule has 12 heteroatoms. The Morgan fingerprint density at radius 2 is 0.716 bits per heavy atom. The van der Waals surface area contributed by atoms with Gasteiger partial charge in [-0.25, -0.2) is 4.57 Å². The van der Waals surface area contributed by atoms with Gasteiger partial charge in [-0.3, -0.25) is 23.4 Å². The molecule has 0 aliphatic carbocycles. The monoisotopic (exact) mass is 1060 g/mol. The van der Waals surface area contributed by atoms with E-state index in [9.17, 15) is 28.9 Å². The fraction of sp³-hybridized carbons (Fsp3) is 0.758. The molecule has 0 bridgehead atoms. The van der Waals surface area contributed by atoms with Gasteiger partial charge in [0.05, 0.1) is 19.8 Å². The van der Waals surface area contributed by atoms with Crippen molar-refractivity contribution in [2.75, 3.05) is 26.4 Å². The standard InChI is InChI=1S/C62H109O11P/c1-4-7-10-13-16-19-22-24-26-28-29-31-32-34-37-39-42-45-48-51-60(64)69-55-59(73-62(66)53-50-47-44-41-38-35-33-30-27-25-23-20-17-14-11-8-5-2)57-71-74(67,68)70-56-58(54-63)72-61(65)52-49-46-43-40-36-21-18-15-12-9-6-3/h8,11,15-20,24-27,58-59,63H,4-7,9-10,12-14,21-23,28-57H2,1-3H3,(H,67,68)/b11-8-,18-15-,19-16-,20-17-,26-24-,27-25-. The normalized spacial score (nSPS) is 13.9. The minimum absolute atomic E-state index is 0.154. The summed E-state index contributed by atoms with van der Waals surface area (Å²) in [5.74, 6) is -1.48. The molecule has 74 heavy (non-hydrogen) atoms. The molecule has 0 aromatic rings. The molecule has 0 rings (SSSR count). The van der Waals surface area contributed by atoms with Crippen LogP contribution in [0.2, 0.25) is 0 Å². The molecule has 0 fully saturated rings. The lowest BCUT2D eigenvalue weighted by Gasteiger charge is -2.21. The van der Waals surface area contributed by atoms with E-state index in [0.717, 1.165) is 128 Å². The molecule has 428 valence electrons. The summed E-state index contributed by atoms with van der Waals surface area (Å²) in [6, 6.07) is 0. The molecule has 2 N–H and O–H groups in total. The van der Waals surface area contributed by atoms with Crippen molar-refractivity contribution in [3.8, 4) is 0 Å². The summed E-state index contributed by atoms with van der Waals surface area (Å²) in [6.07, 6.45) is 62.9. The van der Waals surface area contributed by atoms with Crippen LogP contribution in [0.15, 0.2) is 72.9 Å². The number of esters is 3. The molecular weight excluding hydrogens is 952 g/mol. The minimum Gasteiger partial charge on any atom is -0.462 e. The van der Waals surface area contributed by atoms with Crippen LogP contribution in [0.25, 0.3) is 0 Å². The number of phosphoric acid groups is 1. The van der Waals surface area contributed by atoms with Crippen LogP contribution >= 0.6 is 7.82 Å². The van der Waals surface area contributed by atoms with E-state index in [2.05, 4.69) is 93.7 Å². The predicted octanol–water partition coefficient (Wildman–Crippen LogP) is 17.7. The molecule has 0 saturated heterocycles. The van der Waals surface area contributed by atoms with Crippen molar-refractivity contribution in [3.63, 3.8) is 0 Å². The minimum atomic E-state index is -4.75. The van der Waals surface area contributed by atoms with E-state index in [1.165, 1.54) is 77.0 Å². The van der Waals surface area contributed by atoms with Crippen molar-refractivity contribution in [3.05, 3.63) is 72.9 Å². The van der Waals surface area contributed by atoms with E-state index in [1.807, 2.05) is 0 Å². The van der Waals surface area contributed by atoms with Gasteiger partial charge in [0.15, 0.2) is 6.10 Å². The number of rotatable bonds is 55. The highest BCUT2D eigenvalue weighted by molar-refractivity contribution is 7.47. The van der Waals surface area contributed by atoms with Gasteiger partial charge in [0, 0.05) is 19.3 Å². The van der Waals surface area contributed by atoms with Crippen LogP contribution in [-0.4, -0.2) is 66.5 Å². The van der Waals surface area contributed by atoms with Crippen LogP contribution in [0.3, 0.4) is 0 Å². The number of carbonyl (C=O) groups excluding carboxylic acids is 3. The van der Waals surface area contributed by atoms with Crippen LogP contribution < -0.4 is 0 Å². The average molecular weight is 1060 g/mol. The van der Waals surface area contributed by atoms with Gasteiger partial charge in [-0.1, -0.05) is 216 Å². The average Bonchev–Trinajstić information content (AvgIpc) is 3.39. The summed E-state index contributed by atoms with van der Waals surface area (Å²) in [5.41, 5.74) is 0. The fourth-order valence-corrected chi connectivity index (χ4v) is 8.81. The van der Waals surface area contributed by atoms with Crippen LogP contribution in [0.5, 0.6) is 0 Å². The summed E-state index contributed by atoms with van der Waals surface area (Å²) < 4.78 is 39.5. The highest BCUT2D eigenvalue weighted by Gasteiger charge is 2.28. The summed E-state index contributed by atoms with van der Waals surface area (Å²) in [5, 5.41) is 9.80. The van der Waals surface area contributed by atoms with E-state index < -0.39 is 57.8 Å². The lowest BCUT2D eigenvalue weighted by atomic mass is 10.1. The highest BCUT2D eigenvalue weighted by Crippen LogP contribution is 2.43. The number of carbonyl (C=O) groups is 3. The summed E-state index contributed by atoms with van der Waals surface area (Å²) in [4.78, 5) is 48.6. The molecule has 0 aromatic carbocycles. The van der Waals surface area contributed by atoms with Crippen molar-refractivity contribution >= 4 is 25.7 Å². The topological polar surface area (TPSA) is 155 Å². The molecule has 0 radical (unpaired) electrons. The Hall–Kier alpha value is -3.08. The second-order valence-corrected chi connectivity index (χ2v) is 21.2. The van der Waals surface area contributed by atoms with Gasteiger partial charge in [0.2, 0.25) is 0 Å². The lowest BCUT2D eigenvalue weighted by molar-refractivity contribution is -0.161. The number of unbranched alkanes of at least 4 members (excludes halogenated alkanes) is 26. The highest BCUT2D eigenvalue weighted by atomic mass is 31.2. The zero-order chi connectivity index (χ0) is 54.1. The molecule has 0 aliphatic heterocycles. The van der Waals surface area contributed by atoms with Crippen LogP contribution in [-0.2, 0) is 42.2 Å². The van der Waals surface area contributed by atoms with Gasteiger partial charge < -0.3 is 24.2 Å². The predicted molar refractivity (Wildman–Crippen MR) is 307 cm³/mol. The smallest absolute Gasteiger partial charge is 0.462 e. The second-order valence-electron chi connectivity index (χ2n) is 19.8. The van der Waals surface area contributed by atoms with Crippen molar-refractivity contribution in [1.29, 1.82) is 0 Å². The first-order chi connectivity index (χ1) is 36.2. The Morgan fingerprint density at radius 3 is 1.14 bits per heavy atom. The van der Waals surface area contributed by atoms with Gasteiger partial charge in [-0.15, -0.1) is 0 Å². The second kappa shape index (κ2) is 56.1. The van der Waals surface area contributed by atoms with E-state index >= 15 is 0 Å². The maximum Gasteiger partial charge on any atom is 0.472 e. The number of aliphatic hydroxyl groups excluding tert-OH is 1. The van der Waals surface area contributed by atoms with Crippen molar-refractivity contribution in [2.45, 2.75) is 277 Å². The third kappa shape index (κ3) is 53.7. The Balaban J connectivity index is 4.73. The Labute approximate surface area is 452 Å². The lowest BCUT2D eigenvalue weighted by Crippen LogP contribution is -2.30. The largest absolute Gasteiger partial charge is 0.472 e. The van der Waals surface area contributed by atoms with E-state index in [-0.39, 0.29) is 25.9 Å². The Kier molecular flexibility index (Phi) is 53.8. The van der Waals surface area contributed by atoms with Gasteiger partial charge in [-0.05, 0) is 103 Å². The third-order valence-electron chi connectivity index (χ3n) is 12.6.